The number of methoxy groups -OCH3 is 2. The first kappa shape index (κ1) is 15.8. The second-order valence-electron chi connectivity index (χ2n) is 4.12. The van der Waals surface area contributed by atoms with Crippen LogP contribution < -0.4 is 9.47 Å². The lowest BCUT2D eigenvalue weighted by Gasteiger charge is -2.12. The Morgan fingerprint density at radius 2 is 1.90 bits per heavy atom. The molecule has 0 amide bonds. The van der Waals surface area contributed by atoms with Gasteiger partial charge in [-0.25, -0.2) is 4.39 Å². The summed E-state index contributed by atoms with van der Waals surface area (Å²) in [6.45, 7) is 0. The van der Waals surface area contributed by atoms with Gasteiger partial charge in [0.25, 0.3) is 0 Å². The molecule has 0 spiro atoms. The molecule has 21 heavy (non-hydrogen) atoms. The number of halogens is 3. The van der Waals surface area contributed by atoms with Crippen LogP contribution >= 0.6 is 27.5 Å². The van der Waals surface area contributed by atoms with Crippen molar-refractivity contribution in [3.05, 3.63) is 56.8 Å². The number of ether oxygens (including phenoxy) is 2. The number of carbonyl (C=O) groups excluding carboxylic acids is 1. The first-order valence-corrected chi connectivity index (χ1v) is 7.07. The van der Waals surface area contributed by atoms with Gasteiger partial charge in [0.1, 0.15) is 21.8 Å². The van der Waals surface area contributed by atoms with Crippen molar-refractivity contribution in [2.45, 2.75) is 0 Å². The van der Waals surface area contributed by atoms with Gasteiger partial charge in [-0.1, -0.05) is 11.6 Å². The van der Waals surface area contributed by atoms with E-state index < -0.39 is 5.82 Å². The van der Waals surface area contributed by atoms with Crippen molar-refractivity contribution in [2.24, 2.45) is 0 Å². The molecule has 0 unspecified atom stereocenters. The van der Waals surface area contributed by atoms with E-state index in [1.165, 1.54) is 26.4 Å². The highest BCUT2D eigenvalue weighted by Gasteiger charge is 2.20. The van der Waals surface area contributed by atoms with Crippen LogP contribution in [-0.4, -0.2) is 20.0 Å². The molecule has 0 aliphatic rings. The molecule has 0 fully saturated rings. The van der Waals surface area contributed by atoms with Gasteiger partial charge < -0.3 is 9.47 Å². The van der Waals surface area contributed by atoms with Gasteiger partial charge in [-0.15, -0.1) is 0 Å². The molecule has 0 atom stereocenters. The van der Waals surface area contributed by atoms with Crippen molar-refractivity contribution in [1.29, 1.82) is 0 Å². The summed E-state index contributed by atoms with van der Waals surface area (Å²) in [4.78, 5) is 12.5. The zero-order valence-corrected chi connectivity index (χ0v) is 13.6. The molecule has 0 radical (unpaired) electrons. The average molecular weight is 374 g/mol. The maximum Gasteiger partial charge on any atom is 0.196 e. The Labute approximate surface area is 134 Å². The second-order valence-corrected chi connectivity index (χ2v) is 5.32. The van der Waals surface area contributed by atoms with Gasteiger partial charge in [-0.05, 0) is 46.3 Å². The van der Waals surface area contributed by atoms with Crippen LogP contribution in [0.3, 0.4) is 0 Å². The van der Waals surface area contributed by atoms with Crippen LogP contribution in [0.2, 0.25) is 5.02 Å². The fraction of sp³-hybridized carbons (Fsp3) is 0.133. The van der Waals surface area contributed by atoms with E-state index >= 15 is 0 Å². The average Bonchev–Trinajstić information content (AvgIpc) is 2.49. The first-order valence-electron chi connectivity index (χ1n) is 5.89. The Balaban J connectivity index is 2.52. The molecule has 0 aliphatic heterocycles. The molecule has 0 saturated carbocycles. The van der Waals surface area contributed by atoms with Crippen molar-refractivity contribution in [3.63, 3.8) is 0 Å². The highest BCUT2D eigenvalue weighted by Crippen LogP contribution is 2.38. The maximum absolute atomic E-state index is 13.2. The predicted molar refractivity (Wildman–Crippen MR) is 82.1 cm³/mol. The molecular formula is C15H11BrClFO3. The summed E-state index contributed by atoms with van der Waals surface area (Å²) < 4.78 is 24.1. The summed E-state index contributed by atoms with van der Waals surface area (Å²) in [5.74, 6) is -0.00599. The lowest BCUT2D eigenvalue weighted by Crippen LogP contribution is -2.05. The third kappa shape index (κ3) is 3.04. The number of ketones is 1. The molecule has 0 bridgehead atoms. The molecule has 0 aromatic heterocycles. The quantitative estimate of drug-likeness (QED) is 0.741. The SMILES string of the molecule is COc1ccc(C(=O)c2ccc(F)c(Cl)c2)c(OC)c1Br. The maximum atomic E-state index is 13.2. The van der Waals surface area contributed by atoms with E-state index in [9.17, 15) is 9.18 Å². The standard InChI is InChI=1S/C15H11BrClFO3/c1-20-12-6-4-9(15(21-2)13(12)16)14(19)8-3-5-11(18)10(17)7-8/h3-7H,1-2H3. The van der Waals surface area contributed by atoms with E-state index in [0.29, 0.717) is 21.5 Å². The Kier molecular flexibility index (Phi) is 4.85. The molecule has 0 aliphatic carbocycles. The minimum atomic E-state index is -0.573. The van der Waals surface area contributed by atoms with Gasteiger partial charge in [-0.3, -0.25) is 4.79 Å². The molecule has 2 rings (SSSR count). The molecule has 2 aromatic carbocycles. The van der Waals surface area contributed by atoms with Crippen molar-refractivity contribution in [2.75, 3.05) is 14.2 Å². The number of hydrogen-bond donors (Lipinski definition) is 0. The van der Waals surface area contributed by atoms with E-state index in [4.69, 9.17) is 21.1 Å². The molecule has 2 aromatic rings. The second kappa shape index (κ2) is 6.45. The predicted octanol–water partition coefficient (Wildman–Crippen LogP) is 4.49. The summed E-state index contributed by atoms with van der Waals surface area (Å²) in [5.41, 5.74) is 0.601. The summed E-state index contributed by atoms with van der Waals surface area (Å²) in [6.07, 6.45) is 0. The van der Waals surface area contributed by atoms with Crippen LogP contribution in [0.1, 0.15) is 15.9 Å². The van der Waals surface area contributed by atoms with Gasteiger partial charge in [0, 0.05) is 5.56 Å². The zero-order chi connectivity index (χ0) is 15.6. The van der Waals surface area contributed by atoms with Crippen LogP contribution in [0.5, 0.6) is 11.5 Å². The van der Waals surface area contributed by atoms with Gasteiger partial charge in [0.2, 0.25) is 0 Å². The van der Waals surface area contributed by atoms with Crippen LogP contribution in [-0.2, 0) is 0 Å². The van der Waals surface area contributed by atoms with Crippen molar-refractivity contribution in [1.82, 2.24) is 0 Å². The highest BCUT2D eigenvalue weighted by atomic mass is 79.9. The molecule has 0 saturated heterocycles. The Bertz CT molecular complexity index is 704. The Morgan fingerprint density at radius 1 is 1.19 bits per heavy atom. The lowest BCUT2D eigenvalue weighted by atomic mass is 10.0. The summed E-state index contributed by atoms with van der Waals surface area (Å²) >= 11 is 9.04. The van der Waals surface area contributed by atoms with Gasteiger partial charge in [0.15, 0.2) is 5.78 Å². The minimum absolute atomic E-state index is 0.104. The van der Waals surface area contributed by atoms with Crippen LogP contribution in [0.4, 0.5) is 4.39 Å². The molecule has 3 nitrogen and oxygen atoms in total. The summed E-state index contributed by atoms with van der Waals surface area (Å²) in [5, 5.41) is -0.104. The normalized spacial score (nSPS) is 10.3. The summed E-state index contributed by atoms with van der Waals surface area (Å²) in [6, 6.07) is 7.05. The monoisotopic (exact) mass is 372 g/mol. The van der Waals surface area contributed by atoms with E-state index in [1.807, 2.05) is 0 Å². The number of benzene rings is 2. The van der Waals surface area contributed by atoms with Gasteiger partial charge in [0.05, 0.1) is 24.8 Å². The van der Waals surface area contributed by atoms with E-state index in [0.717, 1.165) is 6.07 Å². The van der Waals surface area contributed by atoms with Crippen molar-refractivity contribution < 1.29 is 18.7 Å². The van der Waals surface area contributed by atoms with Crippen molar-refractivity contribution >= 4 is 33.3 Å². The molecular weight excluding hydrogens is 363 g/mol. The Morgan fingerprint density at radius 3 is 2.48 bits per heavy atom. The van der Waals surface area contributed by atoms with E-state index in [1.54, 1.807) is 12.1 Å². The number of carbonyl (C=O) groups is 1. The lowest BCUT2D eigenvalue weighted by molar-refractivity contribution is 0.103. The minimum Gasteiger partial charge on any atom is -0.495 e. The number of hydrogen-bond acceptors (Lipinski definition) is 3. The Hall–Kier alpha value is -1.59. The third-order valence-electron chi connectivity index (χ3n) is 2.91. The van der Waals surface area contributed by atoms with Crippen molar-refractivity contribution in [3.8, 4) is 11.5 Å². The fourth-order valence-corrected chi connectivity index (χ4v) is 2.72. The zero-order valence-electron chi connectivity index (χ0n) is 11.2. The highest BCUT2D eigenvalue weighted by molar-refractivity contribution is 9.10. The molecule has 0 heterocycles. The van der Waals surface area contributed by atoms with E-state index in [-0.39, 0.29) is 16.4 Å². The fourth-order valence-electron chi connectivity index (χ4n) is 1.87. The largest absolute Gasteiger partial charge is 0.495 e. The topological polar surface area (TPSA) is 35.5 Å². The summed E-state index contributed by atoms with van der Waals surface area (Å²) in [7, 11) is 2.97. The van der Waals surface area contributed by atoms with Crippen LogP contribution in [0.15, 0.2) is 34.8 Å². The molecule has 0 N–H and O–H groups in total. The smallest absolute Gasteiger partial charge is 0.196 e. The molecule has 6 heteroatoms. The molecule has 110 valence electrons. The number of rotatable bonds is 4. The van der Waals surface area contributed by atoms with Gasteiger partial charge in [-0.2, -0.15) is 0 Å². The van der Waals surface area contributed by atoms with Gasteiger partial charge >= 0.3 is 0 Å². The van der Waals surface area contributed by atoms with Crippen LogP contribution in [0.25, 0.3) is 0 Å². The third-order valence-corrected chi connectivity index (χ3v) is 3.95. The first-order chi connectivity index (χ1) is 9.99. The van der Waals surface area contributed by atoms with Crippen LogP contribution in [0, 0.1) is 5.82 Å². The van der Waals surface area contributed by atoms with E-state index in [2.05, 4.69) is 15.9 Å².